The third-order valence-electron chi connectivity index (χ3n) is 4.70. The van der Waals surface area contributed by atoms with E-state index in [2.05, 4.69) is 30.0 Å². The molecule has 0 radical (unpaired) electrons. The molecule has 0 aromatic heterocycles. The Hall–Kier alpha value is -4.11. The van der Waals surface area contributed by atoms with Crippen molar-refractivity contribution in [3.05, 3.63) is 90.0 Å². The second kappa shape index (κ2) is 13.7. The number of carbonyl (C=O) groups excluding carboxylic acids is 2. The molecule has 0 heterocycles. The van der Waals surface area contributed by atoms with Gasteiger partial charge in [-0.15, -0.1) is 0 Å². The molecule has 8 nitrogen and oxygen atoms in total. The fourth-order valence-corrected chi connectivity index (χ4v) is 3.04. The van der Waals surface area contributed by atoms with Crippen LogP contribution in [-0.2, 0) is 0 Å². The molecule has 0 saturated carbocycles. The molecular weight excluding hydrogens is 478 g/mol. The van der Waals surface area contributed by atoms with E-state index in [4.69, 9.17) is 26.4 Å². The molecule has 0 atom stereocenters. The summed E-state index contributed by atoms with van der Waals surface area (Å²) in [6, 6.07) is 22.8. The number of hydrogen-bond donors (Lipinski definition) is 3. The predicted molar refractivity (Wildman–Crippen MR) is 141 cm³/mol. The van der Waals surface area contributed by atoms with Gasteiger partial charge < -0.3 is 14.2 Å². The summed E-state index contributed by atoms with van der Waals surface area (Å²) in [5.74, 6) is 1.65. The zero-order chi connectivity index (χ0) is 25.8. The van der Waals surface area contributed by atoms with E-state index in [0.29, 0.717) is 48.4 Å². The second-order valence-electron chi connectivity index (χ2n) is 8.13. The van der Waals surface area contributed by atoms with Crippen LogP contribution in [0.4, 0.5) is 0 Å². The van der Waals surface area contributed by atoms with Crippen molar-refractivity contribution in [3.8, 4) is 17.2 Å². The second-order valence-corrected chi connectivity index (χ2v) is 8.53. The maximum absolute atomic E-state index is 12.4. The molecule has 0 spiro atoms. The van der Waals surface area contributed by atoms with Crippen LogP contribution in [0.15, 0.2) is 78.9 Å². The van der Waals surface area contributed by atoms with E-state index in [1.54, 1.807) is 48.5 Å². The molecule has 0 unspecified atom stereocenters. The van der Waals surface area contributed by atoms with Crippen molar-refractivity contribution < 1.29 is 23.8 Å². The zero-order valence-corrected chi connectivity index (χ0v) is 21.0. The number of para-hydroxylation sites is 1. The Labute approximate surface area is 215 Å². The topological polar surface area (TPSA) is 97.9 Å². The Morgan fingerprint density at radius 1 is 0.694 bits per heavy atom. The van der Waals surface area contributed by atoms with Gasteiger partial charge in [0.15, 0.2) is 5.11 Å². The molecule has 9 heteroatoms. The maximum atomic E-state index is 12.4. The van der Waals surface area contributed by atoms with Gasteiger partial charge in [0.1, 0.15) is 30.5 Å². The molecule has 0 aliphatic heterocycles. The number of thiocarbonyl (C=S) groups is 1. The highest BCUT2D eigenvalue weighted by Gasteiger charge is 2.10. The summed E-state index contributed by atoms with van der Waals surface area (Å²) in [5.41, 5.74) is 5.78. The largest absolute Gasteiger partial charge is 0.493 e. The van der Waals surface area contributed by atoms with Crippen LogP contribution >= 0.6 is 12.2 Å². The molecule has 0 aliphatic carbocycles. The van der Waals surface area contributed by atoms with Gasteiger partial charge in [-0.25, -0.2) is 0 Å². The highest BCUT2D eigenvalue weighted by atomic mass is 32.1. The average molecular weight is 508 g/mol. The Bertz CT molecular complexity index is 1140. The van der Waals surface area contributed by atoms with Gasteiger partial charge in [-0.05, 0) is 78.8 Å². The van der Waals surface area contributed by atoms with Gasteiger partial charge in [0, 0.05) is 11.1 Å². The number of ether oxygens (including phenoxy) is 3. The SMILES string of the molecule is CC(C)COc1ccc(C(=O)NNC(=S)NC(=O)c2ccc(OCCOc3ccccc3)cc2)cc1. The van der Waals surface area contributed by atoms with E-state index >= 15 is 0 Å². The summed E-state index contributed by atoms with van der Waals surface area (Å²) in [5, 5.41) is 2.48. The Morgan fingerprint density at radius 3 is 1.75 bits per heavy atom. The highest BCUT2D eigenvalue weighted by Crippen LogP contribution is 2.14. The number of hydrazine groups is 1. The third-order valence-corrected chi connectivity index (χ3v) is 4.90. The summed E-state index contributed by atoms with van der Waals surface area (Å²) in [7, 11) is 0. The first-order chi connectivity index (χ1) is 17.4. The molecule has 36 heavy (non-hydrogen) atoms. The molecule has 3 aromatic carbocycles. The Kier molecular flexibility index (Phi) is 10.1. The van der Waals surface area contributed by atoms with Gasteiger partial charge in [0.05, 0.1) is 6.61 Å². The van der Waals surface area contributed by atoms with E-state index in [0.717, 1.165) is 5.75 Å². The van der Waals surface area contributed by atoms with E-state index in [-0.39, 0.29) is 5.11 Å². The van der Waals surface area contributed by atoms with Gasteiger partial charge in [0.2, 0.25) is 0 Å². The van der Waals surface area contributed by atoms with Gasteiger partial charge >= 0.3 is 0 Å². The van der Waals surface area contributed by atoms with Crippen molar-refractivity contribution in [1.82, 2.24) is 16.2 Å². The Morgan fingerprint density at radius 2 is 1.19 bits per heavy atom. The summed E-state index contributed by atoms with van der Waals surface area (Å²) < 4.78 is 16.8. The fourth-order valence-electron chi connectivity index (χ4n) is 2.90. The van der Waals surface area contributed by atoms with Crippen LogP contribution in [0.5, 0.6) is 17.2 Å². The monoisotopic (exact) mass is 507 g/mol. The third kappa shape index (κ3) is 8.92. The standard InChI is InChI=1S/C27H29N3O5S/c1-19(2)18-35-24-14-10-21(11-15-24)26(32)29-30-27(36)28-25(31)20-8-12-23(13-9-20)34-17-16-33-22-6-4-3-5-7-22/h3-15,19H,16-18H2,1-2H3,(H,29,32)(H2,28,30,31,36). The summed E-state index contributed by atoms with van der Waals surface area (Å²) in [4.78, 5) is 24.7. The minimum absolute atomic E-state index is 0.0383. The lowest BCUT2D eigenvalue weighted by Crippen LogP contribution is -2.48. The van der Waals surface area contributed by atoms with Crippen LogP contribution in [-0.4, -0.2) is 36.7 Å². The normalized spacial score (nSPS) is 10.3. The molecule has 2 amide bonds. The molecular formula is C27H29N3O5S. The van der Waals surface area contributed by atoms with Gasteiger partial charge in [-0.3, -0.25) is 25.8 Å². The maximum Gasteiger partial charge on any atom is 0.269 e. The smallest absolute Gasteiger partial charge is 0.269 e. The minimum Gasteiger partial charge on any atom is -0.493 e. The van der Waals surface area contributed by atoms with Crippen LogP contribution in [0.3, 0.4) is 0 Å². The van der Waals surface area contributed by atoms with E-state index < -0.39 is 11.8 Å². The summed E-state index contributed by atoms with van der Waals surface area (Å²) in [6.07, 6.45) is 0. The van der Waals surface area contributed by atoms with Crippen LogP contribution < -0.4 is 30.4 Å². The molecule has 3 N–H and O–H groups in total. The number of rotatable bonds is 10. The molecule has 0 saturated heterocycles. The van der Waals surface area contributed by atoms with Crippen molar-refractivity contribution in [2.75, 3.05) is 19.8 Å². The number of hydrogen-bond acceptors (Lipinski definition) is 6. The van der Waals surface area contributed by atoms with Crippen molar-refractivity contribution in [2.45, 2.75) is 13.8 Å². The molecule has 0 bridgehead atoms. The Balaban J connectivity index is 1.37. The first kappa shape index (κ1) is 26.5. The lowest BCUT2D eigenvalue weighted by molar-refractivity contribution is 0.0934. The van der Waals surface area contributed by atoms with Crippen LogP contribution in [0, 0.1) is 5.92 Å². The van der Waals surface area contributed by atoms with Crippen molar-refractivity contribution in [1.29, 1.82) is 0 Å². The first-order valence-corrected chi connectivity index (χ1v) is 11.9. The fraction of sp³-hybridized carbons (Fsp3) is 0.222. The lowest BCUT2D eigenvalue weighted by atomic mass is 10.2. The molecule has 3 aromatic rings. The van der Waals surface area contributed by atoms with E-state index in [1.165, 1.54) is 0 Å². The summed E-state index contributed by atoms with van der Waals surface area (Å²) in [6.45, 7) is 5.48. The number of amides is 2. The molecule has 0 aliphatic rings. The van der Waals surface area contributed by atoms with Gasteiger partial charge in [-0.1, -0.05) is 32.0 Å². The van der Waals surface area contributed by atoms with E-state index in [9.17, 15) is 9.59 Å². The van der Waals surface area contributed by atoms with Crippen LogP contribution in [0.25, 0.3) is 0 Å². The van der Waals surface area contributed by atoms with Crippen molar-refractivity contribution in [2.24, 2.45) is 5.92 Å². The first-order valence-electron chi connectivity index (χ1n) is 11.5. The number of nitrogens with one attached hydrogen (secondary N) is 3. The minimum atomic E-state index is -0.424. The van der Waals surface area contributed by atoms with Crippen molar-refractivity contribution >= 4 is 29.1 Å². The van der Waals surface area contributed by atoms with Gasteiger partial charge in [-0.2, -0.15) is 0 Å². The van der Waals surface area contributed by atoms with E-state index in [1.807, 2.05) is 30.3 Å². The van der Waals surface area contributed by atoms with Crippen LogP contribution in [0.1, 0.15) is 34.6 Å². The number of carbonyl (C=O) groups is 2. The van der Waals surface area contributed by atoms with Crippen LogP contribution in [0.2, 0.25) is 0 Å². The average Bonchev–Trinajstić information content (AvgIpc) is 2.89. The van der Waals surface area contributed by atoms with Crippen molar-refractivity contribution in [3.63, 3.8) is 0 Å². The molecule has 0 fully saturated rings. The summed E-state index contributed by atoms with van der Waals surface area (Å²) >= 11 is 5.10. The quantitative estimate of drug-likeness (QED) is 0.216. The predicted octanol–water partition coefficient (Wildman–Crippen LogP) is 4.13. The molecule has 188 valence electrons. The zero-order valence-electron chi connectivity index (χ0n) is 20.2. The lowest BCUT2D eigenvalue weighted by Gasteiger charge is -2.12. The highest BCUT2D eigenvalue weighted by molar-refractivity contribution is 7.80. The molecule has 3 rings (SSSR count). The number of benzene rings is 3. The van der Waals surface area contributed by atoms with Gasteiger partial charge in [0.25, 0.3) is 11.8 Å².